The highest BCUT2D eigenvalue weighted by molar-refractivity contribution is 5.83. The number of hydrogen-bond donors (Lipinski definition) is 0. The minimum Gasteiger partial charge on any atom is -0.493 e. The number of benzene rings is 2. The fourth-order valence-corrected chi connectivity index (χ4v) is 2.99. The Hall–Kier alpha value is -3.52. The van der Waals surface area contributed by atoms with Crippen molar-refractivity contribution < 1.29 is 32.9 Å². The van der Waals surface area contributed by atoms with Gasteiger partial charge in [-0.15, -0.1) is 0 Å². The summed E-state index contributed by atoms with van der Waals surface area (Å²) in [6.07, 6.45) is 0. The molecule has 0 aliphatic heterocycles. The van der Waals surface area contributed by atoms with Gasteiger partial charge in [0.15, 0.2) is 23.9 Å². The minimum atomic E-state index is -0.626. The lowest BCUT2D eigenvalue weighted by atomic mass is 10.1. The van der Waals surface area contributed by atoms with Gasteiger partial charge in [0.1, 0.15) is 12.2 Å². The minimum absolute atomic E-state index is 0.0901. The van der Waals surface area contributed by atoms with Crippen molar-refractivity contribution in [2.75, 3.05) is 41.2 Å². The molecule has 3 aromatic rings. The maximum Gasteiger partial charge on any atom is 0.344 e. The molecule has 2 aromatic carbocycles. The number of fused-ring (bicyclic) bond motifs is 1. The first-order valence-corrected chi connectivity index (χ1v) is 9.55. The lowest BCUT2D eigenvalue weighted by molar-refractivity contribution is -0.147. The van der Waals surface area contributed by atoms with E-state index in [1.807, 2.05) is 6.92 Å². The quantitative estimate of drug-likeness (QED) is 0.378. The Morgan fingerprint density at radius 3 is 2.45 bits per heavy atom. The zero-order valence-electron chi connectivity index (χ0n) is 17.9. The summed E-state index contributed by atoms with van der Waals surface area (Å²) in [6, 6.07) is 10.3. The SMILES string of the molecule is COCCOC(=O)COc1c(-c2ccc(OC)c(OC)c2)oc2cc(C)ccc2c1=O. The average Bonchev–Trinajstić information content (AvgIpc) is 2.77. The third kappa shape index (κ3) is 4.97. The van der Waals surface area contributed by atoms with Gasteiger partial charge < -0.3 is 28.1 Å². The summed E-state index contributed by atoms with van der Waals surface area (Å²) in [7, 11) is 4.54. The van der Waals surface area contributed by atoms with Crippen molar-refractivity contribution in [2.24, 2.45) is 0 Å². The maximum atomic E-state index is 13.2. The molecule has 0 amide bonds. The van der Waals surface area contributed by atoms with Gasteiger partial charge in [0.2, 0.25) is 11.2 Å². The zero-order chi connectivity index (χ0) is 22.4. The standard InChI is InChI=1S/C23H24O8/c1-14-5-7-16-18(11-14)31-22(15-6-8-17(27-3)19(12-15)28-4)23(21(16)25)30-13-20(24)29-10-9-26-2/h5-8,11-12H,9-10,13H2,1-4H3. The second-order valence-corrected chi connectivity index (χ2v) is 6.66. The fourth-order valence-electron chi connectivity index (χ4n) is 2.99. The van der Waals surface area contributed by atoms with E-state index in [1.54, 1.807) is 36.4 Å². The molecule has 0 spiro atoms. The highest BCUT2D eigenvalue weighted by atomic mass is 16.6. The molecule has 0 unspecified atom stereocenters. The topological polar surface area (TPSA) is 93.4 Å². The van der Waals surface area contributed by atoms with Crippen molar-refractivity contribution in [1.29, 1.82) is 0 Å². The molecule has 8 nitrogen and oxygen atoms in total. The maximum absolute atomic E-state index is 13.2. The van der Waals surface area contributed by atoms with E-state index in [2.05, 4.69) is 0 Å². The molecule has 0 saturated heterocycles. The molecule has 31 heavy (non-hydrogen) atoms. The van der Waals surface area contributed by atoms with Crippen molar-refractivity contribution in [3.8, 4) is 28.6 Å². The third-order valence-electron chi connectivity index (χ3n) is 4.54. The first-order chi connectivity index (χ1) is 15.0. The van der Waals surface area contributed by atoms with E-state index in [-0.39, 0.29) is 24.7 Å². The van der Waals surface area contributed by atoms with Crippen LogP contribution in [0.2, 0.25) is 0 Å². The summed E-state index contributed by atoms with van der Waals surface area (Å²) < 4.78 is 32.1. The summed E-state index contributed by atoms with van der Waals surface area (Å²) in [5, 5.41) is 0.345. The normalized spacial score (nSPS) is 10.7. The molecule has 0 aliphatic carbocycles. The fraction of sp³-hybridized carbons (Fsp3) is 0.304. The van der Waals surface area contributed by atoms with E-state index in [9.17, 15) is 9.59 Å². The Balaban J connectivity index is 2.07. The van der Waals surface area contributed by atoms with Crippen LogP contribution in [0.5, 0.6) is 17.2 Å². The molecule has 1 heterocycles. The number of methoxy groups -OCH3 is 3. The van der Waals surface area contributed by atoms with Gasteiger partial charge in [-0.25, -0.2) is 4.79 Å². The van der Waals surface area contributed by atoms with Crippen LogP contribution < -0.4 is 19.6 Å². The first kappa shape index (κ1) is 22.2. The number of carbonyl (C=O) groups excluding carboxylic acids is 1. The van der Waals surface area contributed by atoms with E-state index in [1.165, 1.54) is 21.3 Å². The van der Waals surface area contributed by atoms with E-state index < -0.39 is 18.0 Å². The molecule has 0 N–H and O–H groups in total. The molecule has 0 saturated carbocycles. The molecule has 0 fully saturated rings. The molecule has 0 aliphatic rings. The lowest BCUT2D eigenvalue weighted by Crippen LogP contribution is -2.20. The highest BCUT2D eigenvalue weighted by Crippen LogP contribution is 2.36. The van der Waals surface area contributed by atoms with Crippen molar-refractivity contribution in [3.05, 3.63) is 52.2 Å². The van der Waals surface area contributed by atoms with Crippen LogP contribution in [0.25, 0.3) is 22.3 Å². The van der Waals surface area contributed by atoms with Gasteiger partial charge in [-0.05, 0) is 42.8 Å². The monoisotopic (exact) mass is 428 g/mol. The van der Waals surface area contributed by atoms with Gasteiger partial charge in [0.05, 0.1) is 26.2 Å². The molecule has 0 atom stereocenters. The molecular formula is C23H24O8. The Kier molecular flexibility index (Phi) is 7.15. The van der Waals surface area contributed by atoms with Gasteiger partial charge in [-0.2, -0.15) is 0 Å². The molecule has 3 rings (SSSR count). The predicted octanol–water partition coefficient (Wildman–Crippen LogP) is 3.35. The van der Waals surface area contributed by atoms with Gasteiger partial charge >= 0.3 is 5.97 Å². The highest BCUT2D eigenvalue weighted by Gasteiger charge is 2.20. The molecule has 0 bridgehead atoms. The third-order valence-corrected chi connectivity index (χ3v) is 4.54. The molecular weight excluding hydrogens is 404 g/mol. The van der Waals surface area contributed by atoms with E-state index in [0.717, 1.165) is 5.56 Å². The van der Waals surface area contributed by atoms with E-state index in [0.29, 0.717) is 28.0 Å². The number of carbonyl (C=O) groups is 1. The number of esters is 1. The Labute approximate surface area is 179 Å². The van der Waals surface area contributed by atoms with E-state index in [4.69, 9.17) is 28.1 Å². The average molecular weight is 428 g/mol. The van der Waals surface area contributed by atoms with Crippen LogP contribution >= 0.6 is 0 Å². The van der Waals surface area contributed by atoms with Crippen LogP contribution in [0.3, 0.4) is 0 Å². The Morgan fingerprint density at radius 2 is 1.74 bits per heavy atom. The Morgan fingerprint density at radius 1 is 0.968 bits per heavy atom. The molecule has 8 heteroatoms. The number of aryl methyl sites for hydroxylation is 1. The van der Waals surface area contributed by atoms with Crippen LogP contribution in [-0.2, 0) is 14.3 Å². The van der Waals surface area contributed by atoms with E-state index >= 15 is 0 Å². The number of hydrogen-bond acceptors (Lipinski definition) is 8. The van der Waals surface area contributed by atoms with Crippen LogP contribution in [0, 0.1) is 6.92 Å². The summed E-state index contributed by atoms with van der Waals surface area (Å²) in [4.78, 5) is 25.1. The summed E-state index contributed by atoms with van der Waals surface area (Å²) in [5.74, 6) is 0.436. The largest absolute Gasteiger partial charge is 0.493 e. The van der Waals surface area contributed by atoms with Crippen LogP contribution in [0.4, 0.5) is 0 Å². The molecule has 164 valence electrons. The predicted molar refractivity (Wildman–Crippen MR) is 114 cm³/mol. The molecule has 0 radical (unpaired) electrons. The van der Waals surface area contributed by atoms with Gasteiger partial charge in [0, 0.05) is 12.7 Å². The van der Waals surface area contributed by atoms with Crippen LogP contribution in [0.1, 0.15) is 5.56 Å². The number of ether oxygens (including phenoxy) is 5. The molecule has 1 aromatic heterocycles. The Bertz CT molecular complexity index is 1130. The number of rotatable bonds is 9. The zero-order valence-corrected chi connectivity index (χ0v) is 17.9. The van der Waals surface area contributed by atoms with Crippen molar-refractivity contribution in [1.82, 2.24) is 0 Å². The second-order valence-electron chi connectivity index (χ2n) is 6.66. The smallest absolute Gasteiger partial charge is 0.344 e. The first-order valence-electron chi connectivity index (χ1n) is 9.55. The van der Waals surface area contributed by atoms with Gasteiger partial charge in [-0.3, -0.25) is 4.79 Å². The second kappa shape index (κ2) is 9.99. The van der Waals surface area contributed by atoms with Gasteiger partial charge in [0.25, 0.3) is 0 Å². The van der Waals surface area contributed by atoms with Crippen molar-refractivity contribution in [3.63, 3.8) is 0 Å². The van der Waals surface area contributed by atoms with Gasteiger partial charge in [-0.1, -0.05) is 6.07 Å². The lowest BCUT2D eigenvalue weighted by Gasteiger charge is -2.13. The van der Waals surface area contributed by atoms with Crippen molar-refractivity contribution in [2.45, 2.75) is 6.92 Å². The van der Waals surface area contributed by atoms with Crippen LogP contribution in [0.15, 0.2) is 45.6 Å². The van der Waals surface area contributed by atoms with Crippen molar-refractivity contribution >= 4 is 16.9 Å². The summed E-state index contributed by atoms with van der Waals surface area (Å²) in [5.41, 5.74) is 1.48. The van der Waals surface area contributed by atoms with Crippen LogP contribution in [-0.4, -0.2) is 47.1 Å². The summed E-state index contributed by atoms with van der Waals surface area (Å²) in [6.45, 7) is 1.80. The summed E-state index contributed by atoms with van der Waals surface area (Å²) >= 11 is 0.